The smallest absolute Gasteiger partial charge is 0.265 e. The zero-order valence-corrected chi connectivity index (χ0v) is 18.1. The molecule has 0 fully saturated rings. The molecule has 156 valence electrons. The lowest BCUT2D eigenvalue weighted by atomic mass is 9.78. The third-order valence-electron chi connectivity index (χ3n) is 5.80. The van der Waals surface area contributed by atoms with Crippen LogP contribution in [0.2, 0.25) is 0 Å². The van der Waals surface area contributed by atoms with E-state index < -0.39 is 6.10 Å². The Labute approximate surface area is 183 Å². The van der Waals surface area contributed by atoms with E-state index in [4.69, 9.17) is 4.74 Å². The normalized spacial score (nSPS) is 12.4. The number of ether oxygens (including phenoxy) is 1. The van der Waals surface area contributed by atoms with Gasteiger partial charge >= 0.3 is 0 Å². The number of hydrogen-bond acceptors (Lipinski definition) is 2. The fourth-order valence-electron chi connectivity index (χ4n) is 3.80. The van der Waals surface area contributed by atoms with E-state index in [2.05, 4.69) is 55.6 Å². The minimum Gasteiger partial charge on any atom is -0.481 e. The largest absolute Gasteiger partial charge is 0.481 e. The molecule has 0 radical (unpaired) electrons. The number of rotatable bonds is 6. The van der Waals surface area contributed by atoms with E-state index in [1.54, 1.807) is 6.92 Å². The molecule has 0 saturated heterocycles. The second kappa shape index (κ2) is 8.65. The SMILES string of the molecule is CC(Oc1ccc(C(C)(C)c2ccccc2)cc1)C(=O)Nc1cccc2ccccc12. The molecular formula is C28H27NO2. The molecule has 0 aliphatic rings. The van der Waals surface area contributed by atoms with E-state index in [0.29, 0.717) is 5.75 Å². The highest BCUT2D eigenvalue weighted by Crippen LogP contribution is 2.32. The monoisotopic (exact) mass is 409 g/mol. The van der Waals surface area contributed by atoms with Gasteiger partial charge in [0.2, 0.25) is 0 Å². The van der Waals surface area contributed by atoms with Crippen molar-refractivity contribution >= 4 is 22.4 Å². The summed E-state index contributed by atoms with van der Waals surface area (Å²) in [6.07, 6.45) is -0.619. The molecule has 0 aliphatic heterocycles. The van der Waals surface area contributed by atoms with Crippen molar-refractivity contribution in [2.45, 2.75) is 32.3 Å². The van der Waals surface area contributed by atoms with Gasteiger partial charge in [0.05, 0.1) is 0 Å². The number of carbonyl (C=O) groups excluding carboxylic acids is 1. The molecule has 1 atom stereocenters. The molecule has 0 heterocycles. The van der Waals surface area contributed by atoms with Crippen LogP contribution in [0.3, 0.4) is 0 Å². The van der Waals surface area contributed by atoms with Crippen LogP contribution in [0.4, 0.5) is 5.69 Å². The van der Waals surface area contributed by atoms with Gasteiger partial charge in [-0.05, 0) is 41.6 Å². The summed E-state index contributed by atoms with van der Waals surface area (Å²) >= 11 is 0. The minimum absolute atomic E-state index is 0.114. The lowest BCUT2D eigenvalue weighted by Crippen LogP contribution is -2.30. The number of benzene rings is 4. The average molecular weight is 410 g/mol. The zero-order valence-electron chi connectivity index (χ0n) is 18.1. The molecule has 4 rings (SSSR count). The fraction of sp³-hybridized carbons (Fsp3) is 0.179. The highest BCUT2D eigenvalue weighted by atomic mass is 16.5. The molecule has 4 aromatic rings. The van der Waals surface area contributed by atoms with Crippen molar-refractivity contribution in [2.24, 2.45) is 0 Å². The van der Waals surface area contributed by atoms with Gasteiger partial charge in [-0.15, -0.1) is 0 Å². The summed E-state index contributed by atoms with van der Waals surface area (Å²) in [6.45, 7) is 6.18. The second-order valence-electron chi connectivity index (χ2n) is 8.29. The molecule has 0 aliphatic carbocycles. The van der Waals surface area contributed by atoms with Crippen molar-refractivity contribution in [3.05, 3.63) is 108 Å². The number of nitrogens with one attached hydrogen (secondary N) is 1. The predicted octanol–water partition coefficient (Wildman–Crippen LogP) is 6.57. The number of fused-ring (bicyclic) bond motifs is 1. The van der Waals surface area contributed by atoms with Gasteiger partial charge in [0.15, 0.2) is 6.10 Å². The van der Waals surface area contributed by atoms with Gasteiger partial charge in [0.1, 0.15) is 5.75 Å². The highest BCUT2D eigenvalue weighted by Gasteiger charge is 2.23. The molecule has 31 heavy (non-hydrogen) atoms. The molecule has 0 bridgehead atoms. The van der Waals surface area contributed by atoms with Crippen LogP contribution >= 0.6 is 0 Å². The van der Waals surface area contributed by atoms with Crippen molar-refractivity contribution in [1.29, 1.82) is 0 Å². The Morgan fingerprint density at radius 1 is 0.774 bits per heavy atom. The van der Waals surface area contributed by atoms with Crippen molar-refractivity contribution < 1.29 is 9.53 Å². The van der Waals surface area contributed by atoms with Crippen molar-refractivity contribution in [2.75, 3.05) is 5.32 Å². The van der Waals surface area contributed by atoms with Crippen LogP contribution in [-0.2, 0) is 10.2 Å². The van der Waals surface area contributed by atoms with E-state index >= 15 is 0 Å². The number of amides is 1. The molecule has 0 spiro atoms. The predicted molar refractivity (Wildman–Crippen MR) is 128 cm³/mol. The first-order valence-corrected chi connectivity index (χ1v) is 10.6. The summed E-state index contributed by atoms with van der Waals surface area (Å²) in [6, 6.07) is 32.3. The molecule has 0 aromatic heterocycles. The van der Waals surface area contributed by atoms with Crippen molar-refractivity contribution in [1.82, 2.24) is 0 Å². The summed E-state index contributed by atoms with van der Waals surface area (Å²) in [5.74, 6) is 0.498. The maximum atomic E-state index is 12.7. The average Bonchev–Trinajstić information content (AvgIpc) is 2.80. The van der Waals surface area contributed by atoms with Crippen LogP contribution < -0.4 is 10.1 Å². The Hall–Kier alpha value is -3.59. The van der Waals surface area contributed by atoms with E-state index in [1.807, 2.05) is 60.7 Å². The first-order chi connectivity index (χ1) is 14.9. The third-order valence-corrected chi connectivity index (χ3v) is 5.80. The third kappa shape index (κ3) is 4.46. The summed E-state index contributed by atoms with van der Waals surface area (Å²) in [7, 11) is 0. The van der Waals surface area contributed by atoms with Gasteiger partial charge in [0.25, 0.3) is 5.91 Å². The molecule has 1 amide bonds. The van der Waals surface area contributed by atoms with Gasteiger partial charge in [-0.1, -0.05) is 92.7 Å². The molecule has 4 aromatic carbocycles. The Bertz CT molecular complexity index is 1180. The maximum Gasteiger partial charge on any atom is 0.265 e. The van der Waals surface area contributed by atoms with E-state index in [0.717, 1.165) is 16.5 Å². The van der Waals surface area contributed by atoms with Crippen molar-refractivity contribution in [3.8, 4) is 5.75 Å². The first-order valence-electron chi connectivity index (χ1n) is 10.6. The Balaban J connectivity index is 1.45. The zero-order chi connectivity index (χ0) is 21.8. The van der Waals surface area contributed by atoms with Crippen LogP contribution in [0.5, 0.6) is 5.75 Å². The topological polar surface area (TPSA) is 38.3 Å². The molecular weight excluding hydrogens is 382 g/mol. The number of carbonyl (C=O) groups is 1. The molecule has 0 saturated carbocycles. The van der Waals surface area contributed by atoms with Crippen LogP contribution in [-0.4, -0.2) is 12.0 Å². The van der Waals surface area contributed by atoms with E-state index in [1.165, 1.54) is 11.1 Å². The van der Waals surface area contributed by atoms with Gasteiger partial charge in [-0.2, -0.15) is 0 Å². The minimum atomic E-state index is -0.619. The van der Waals surface area contributed by atoms with Gasteiger partial charge in [-0.25, -0.2) is 0 Å². The highest BCUT2D eigenvalue weighted by molar-refractivity contribution is 6.03. The lowest BCUT2D eigenvalue weighted by Gasteiger charge is -2.26. The molecule has 3 heteroatoms. The quantitative estimate of drug-likeness (QED) is 0.391. The first kappa shape index (κ1) is 20.7. The standard InChI is InChI=1S/C28H27NO2/c1-20(27(30)29-26-15-9-11-21-10-7-8-14-25(21)26)31-24-18-16-23(17-19-24)28(2,3)22-12-5-4-6-13-22/h4-20H,1-3H3,(H,29,30). The van der Waals surface area contributed by atoms with Crippen LogP contribution in [0, 0.1) is 0 Å². The number of anilines is 1. The summed E-state index contributed by atoms with van der Waals surface area (Å²) in [5.41, 5.74) is 3.13. The maximum absolute atomic E-state index is 12.7. The van der Waals surface area contributed by atoms with E-state index in [9.17, 15) is 4.79 Å². The summed E-state index contributed by atoms with van der Waals surface area (Å²) < 4.78 is 5.92. The Morgan fingerprint density at radius 2 is 1.39 bits per heavy atom. The van der Waals surface area contributed by atoms with Crippen LogP contribution in [0.15, 0.2) is 97.1 Å². The van der Waals surface area contributed by atoms with Gasteiger partial charge < -0.3 is 10.1 Å². The van der Waals surface area contributed by atoms with Crippen LogP contribution in [0.25, 0.3) is 10.8 Å². The van der Waals surface area contributed by atoms with Crippen molar-refractivity contribution in [3.63, 3.8) is 0 Å². The number of hydrogen-bond donors (Lipinski definition) is 1. The summed E-state index contributed by atoms with van der Waals surface area (Å²) in [5, 5.41) is 5.10. The summed E-state index contributed by atoms with van der Waals surface area (Å²) in [4.78, 5) is 12.7. The molecule has 1 unspecified atom stereocenters. The Morgan fingerprint density at radius 3 is 2.13 bits per heavy atom. The molecule has 1 N–H and O–H groups in total. The molecule has 3 nitrogen and oxygen atoms in total. The second-order valence-corrected chi connectivity index (χ2v) is 8.29. The van der Waals surface area contributed by atoms with Gasteiger partial charge in [0, 0.05) is 16.5 Å². The van der Waals surface area contributed by atoms with E-state index in [-0.39, 0.29) is 11.3 Å². The van der Waals surface area contributed by atoms with Gasteiger partial charge in [-0.3, -0.25) is 4.79 Å². The lowest BCUT2D eigenvalue weighted by molar-refractivity contribution is -0.122. The van der Waals surface area contributed by atoms with Crippen LogP contribution in [0.1, 0.15) is 31.9 Å². The Kier molecular flexibility index (Phi) is 5.77. The fourth-order valence-corrected chi connectivity index (χ4v) is 3.80.